The number of thioether (sulfide) groups is 1. The average Bonchev–Trinajstić information content (AvgIpc) is 3.36. The van der Waals surface area contributed by atoms with Crippen molar-refractivity contribution in [1.82, 2.24) is 14.7 Å². The molecule has 1 aromatic carbocycles. The minimum Gasteiger partial charge on any atom is -0.325 e. The first kappa shape index (κ1) is 21.1. The fourth-order valence-electron chi connectivity index (χ4n) is 5.40. The predicted octanol–water partition coefficient (Wildman–Crippen LogP) is 5.16. The van der Waals surface area contributed by atoms with Crippen LogP contribution in [0.3, 0.4) is 0 Å². The molecule has 1 saturated heterocycles. The molecule has 6 heteroatoms. The summed E-state index contributed by atoms with van der Waals surface area (Å²) in [6.45, 7) is 4.43. The van der Waals surface area contributed by atoms with Crippen molar-refractivity contribution in [2.75, 3.05) is 25.5 Å². The lowest BCUT2D eigenvalue weighted by atomic mass is 9.89. The quantitative estimate of drug-likeness (QED) is 0.716. The standard InChI is InChI=1S/C25H34N4OS/c1-17-22-16-23(31-25(22)29(27-17)21-6-4-3-5-7-21)24(30)26-20-10-8-18(9-11-20)19-12-14-28(2)15-13-19/h8-11,19,21,23H,3-7,12-16H2,1-2H3,(H,26,30). The van der Waals surface area contributed by atoms with Crippen LogP contribution in [0.4, 0.5) is 5.69 Å². The van der Waals surface area contributed by atoms with Crippen LogP contribution in [0, 0.1) is 6.92 Å². The summed E-state index contributed by atoms with van der Waals surface area (Å²) in [6, 6.07) is 9.07. The van der Waals surface area contributed by atoms with E-state index in [0.29, 0.717) is 12.0 Å². The van der Waals surface area contributed by atoms with Crippen molar-refractivity contribution in [3.63, 3.8) is 0 Å². The molecule has 1 aliphatic carbocycles. The van der Waals surface area contributed by atoms with Gasteiger partial charge in [0.05, 0.1) is 22.0 Å². The lowest BCUT2D eigenvalue weighted by Crippen LogP contribution is -2.29. The summed E-state index contributed by atoms with van der Waals surface area (Å²) in [5.74, 6) is 0.759. The fraction of sp³-hybridized carbons (Fsp3) is 0.600. The van der Waals surface area contributed by atoms with Gasteiger partial charge >= 0.3 is 0 Å². The van der Waals surface area contributed by atoms with E-state index >= 15 is 0 Å². The second kappa shape index (κ2) is 8.99. The number of nitrogens with zero attached hydrogens (tertiary/aromatic N) is 3. The highest BCUT2D eigenvalue weighted by molar-refractivity contribution is 8.00. The van der Waals surface area contributed by atoms with Crippen molar-refractivity contribution < 1.29 is 4.79 Å². The maximum absolute atomic E-state index is 13.0. The zero-order chi connectivity index (χ0) is 21.4. The third-order valence-corrected chi connectivity index (χ3v) is 8.71. The Morgan fingerprint density at radius 3 is 2.48 bits per heavy atom. The number of hydrogen-bond donors (Lipinski definition) is 1. The van der Waals surface area contributed by atoms with Gasteiger partial charge in [0.25, 0.3) is 0 Å². The molecule has 2 aromatic rings. The summed E-state index contributed by atoms with van der Waals surface area (Å²) >= 11 is 1.71. The summed E-state index contributed by atoms with van der Waals surface area (Å²) in [7, 11) is 2.20. The van der Waals surface area contributed by atoms with Crippen molar-refractivity contribution in [3.05, 3.63) is 41.1 Å². The summed E-state index contributed by atoms with van der Waals surface area (Å²) < 4.78 is 2.25. The Bertz CT molecular complexity index is 924. The molecule has 5 nitrogen and oxygen atoms in total. The van der Waals surface area contributed by atoms with Crippen LogP contribution in [-0.4, -0.2) is 46.0 Å². The van der Waals surface area contributed by atoms with Gasteiger partial charge in [0.1, 0.15) is 0 Å². The summed E-state index contributed by atoms with van der Waals surface area (Å²) in [5.41, 5.74) is 4.69. The zero-order valence-electron chi connectivity index (χ0n) is 18.8. The van der Waals surface area contributed by atoms with Crippen LogP contribution in [0.1, 0.15) is 73.7 Å². The maximum Gasteiger partial charge on any atom is 0.238 e. The molecule has 1 unspecified atom stereocenters. The number of carbonyl (C=O) groups excluding carboxylic acids is 1. The number of anilines is 1. The number of nitrogens with one attached hydrogen (secondary N) is 1. The van der Waals surface area contributed by atoms with Gasteiger partial charge in [-0.2, -0.15) is 5.10 Å². The van der Waals surface area contributed by atoms with E-state index in [-0.39, 0.29) is 11.2 Å². The molecule has 5 rings (SSSR count). The Balaban J connectivity index is 1.22. The van der Waals surface area contributed by atoms with Crippen LogP contribution in [0.25, 0.3) is 0 Å². The third-order valence-electron chi connectivity index (χ3n) is 7.39. The number of amides is 1. The Labute approximate surface area is 190 Å². The number of hydrogen-bond acceptors (Lipinski definition) is 4. The average molecular weight is 439 g/mol. The number of carbonyl (C=O) groups is 1. The predicted molar refractivity (Wildman–Crippen MR) is 127 cm³/mol. The van der Waals surface area contributed by atoms with Gasteiger partial charge < -0.3 is 10.2 Å². The third kappa shape index (κ3) is 4.42. The minimum absolute atomic E-state index is 0.0601. The van der Waals surface area contributed by atoms with Gasteiger partial charge in [0.2, 0.25) is 5.91 Å². The Morgan fingerprint density at radius 2 is 1.77 bits per heavy atom. The van der Waals surface area contributed by atoms with E-state index in [1.807, 2.05) is 0 Å². The number of aromatic nitrogens is 2. The second-order valence-corrected chi connectivity index (χ2v) is 10.8. The van der Waals surface area contributed by atoms with E-state index in [4.69, 9.17) is 5.10 Å². The van der Waals surface area contributed by atoms with Crippen LogP contribution >= 0.6 is 11.8 Å². The van der Waals surface area contributed by atoms with Gasteiger partial charge in [0, 0.05) is 11.3 Å². The van der Waals surface area contributed by atoms with Gasteiger partial charge in [0.15, 0.2) is 0 Å². The van der Waals surface area contributed by atoms with Crippen molar-refractivity contribution >= 4 is 23.4 Å². The number of rotatable bonds is 4. The molecule has 0 bridgehead atoms. The highest BCUT2D eigenvalue weighted by Crippen LogP contribution is 2.42. The van der Waals surface area contributed by atoms with E-state index in [1.165, 1.54) is 74.2 Å². The van der Waals surface area contributed by atoms with E-state index < -0.39 is 0 Å². The molecule has 1 saturated carbocycles. The van der Waals surface area contributed by atoms with E-state index in [1.54, 1.807) is 11.8 Å². The molecule has 166 valence electrons. The van der Waals surface area contributed by atoms with Crippen LogP contribution in [0.15, 0.2) is 29.3 Å². The molecular weight excluding hydrogens is 404 g/mol. The lowest BCUT2D eigenvalue weighted by Gasteiger charge is -2.29. The van der Waals surface area contributed by atoms with Crippen LogP contribution in [0.2, 0.25) is 0 Å². The molecular formula is C25H34N4OS. The second-order valence-electron chi connectivity index (χ2n) is 9.60. The maximum atomic E-state index is 13.0. The monoisotopic (exact) mass is 438 g/mol. The van der Waals surface area contributed by atoms with Crippen LogP contribution in [-0.2, 0) is 11.2 Å². The van der Waals surface area contributed by atoms with Crippen LogP contribution < -0.4 is 5.32 Å². The Morgan fingerprint density at radius 1 is 1.06 bits per heavy atom. The Hall–Kier alpha value is -1.79. The zero-order valence-corrected chi connectivity index (χ0v) is 19.6. The SMILES string of the molecule is Cc1nn(C2CCCCC2)c2c1CC(C(=O)Nc1ccc(C3CCN(C)CC3)cc1)S2. The van der Waals surface area contributed by atoms with Gasteiger partial charge in [-0.25, -0.2) is 0 Å². The van der Waals surface area contributed by atoms with Crippen LogP contribution in [0.5, 0.6) is 0 Å². The van der Waals surface area contributed by atoms with Gasteiger partial charge in [-0.15, -0.1) is 0 Å². The molecule has 3 heterocycles. The minimum atomic E-state index is -0.0601. The normalized spacial score (nSPS) is 23.1. The molecule has 2 aliphatic heterocycles. The molecule has 1 amide bonds. The van der Waals surface area contributed by atoms with E-state index in [2.05, 4.69) is 53.1 Å². The molecule has 0 radical (unpaired) electrons. The first-order chi connectivity index (χ1) is 15.1. The molecule has 3 aliphatic rings. The molecule has 1 aromatic heterocycles. The van der Waals surface area contributed by atoms with Crippen molar-refractivity contribution in [1.29, 1.82) is 0 Å². The molecule has 0 spiro atoms. The van der Waals surface area contributed by atoms with Gasteiger partial charge in [-0.1, -0.05) is 43.2 Å². The summed E-state index contributed by atoms with van der Waals surface area (Å²) in [5, 5.41) is 9.20. The van der Waals surface area contributed by atoms with Gasteiger partial charge in [-0.3, -0.25) is 9.48 Å². The summed E-state index contributed by atoms with van der Waals surface area (Å²) in [6.07, 6.45) is 9.59. The molecule has 2 fully saturated rings. The molecule has 31 heavy (non-hydrogen) atoms. The van der Waals surface area contributed by atoms with Crippen molar-refractivity contribution in [2.45, 2.75) is 80.5 Å². The fourth-order valence-corrected chi connectivity index (χ4v) is 6.76. The van der Waals surface area contributed by atoms with E-state index in [0.717, 1.165) is 17.8 Å². The number of fused-ring (bicyclic) bond motifs is 1. The lowest BCUT2D eigenvalue weighted by molar-refractivity contribution is -0.115. The number of aryl methyl sites for hydroxylation is 1. The highest BCUT2D eigenvalue weighted by atomic mass is 32.2. The number of benzene rings is 1. The number of piperidine rings is 1. The van der Waals surface area contributed by atoms with Gasteiger partial charge in [-0.05, 0) is 82.8 Å². The first-order valence-corrected chi connectivity index (χ1v) is 12.8. The largest absolute Gasteiger partial charge is 0.325 e. The number of likely N-dealkylation sites (tertiary alicyclic amines) is 1. The summed E-state index contributed by atoms with van der Waals surface area (Å²) in [4.78, 5) is 15.4. The van der Waals surface area contributed by atoms with E-state index in [9.17, 15) is 4.79 Å². The highest BCUT2D eigenvalue weighted by Gasteiger charge is 2.35. The first-order valence-electron chi connectivity index (χ1n) is 11.9. The Kier molecular flexibility index (Phi) is 6.11. The molecule has 1 atom stereocenters. The smallest absolute Gasteiger partial charge is 0.238 e. The van der Waals surface area contributed by atoms with Crippen molar-refractivity contribution in [3.8, 4) is 0 Å². The van der Waals surface area contributed by atoms with Crippen molar-refractivity contribution in [2.24, 2.45) is 0 Å². The topological polar surface area (TPSA) is 50.2 Å². The molecule has 1 N–H and O–H groups in total.